The van der Waals surface area contributed by atoms with Crippen molar-refractivity contribution in [1.82, 2.24) is 9.62 Å². The molecule has 3 rings (SSSR count). The number of carbonyl (C=O) groups excluding carboxylic acids is 1. The molecule has 29 heavy (non-hydrogen) atoms. The molecule has 9 heteroatoms. The molecule has 6 nitrogen and oxygen atoms in total. The standard InChI is InChI=1S/C20H18BrClN2O4S/c21-16-5-9-19(10-6-16)29(26,27)24(13-15-3-7-17(22)8-4-15)14-20(25)23-12-18-2-1-11-28-18/h1-11H,12-14H2,(H,23,25). The van der Waals surface area contributed by atoms with Gasteiger partial charge in [0.15, 0.2) is 0 Å². The molecular weight excluding hydrogens is 480 g/mol. The van der Waals surface area contributed by atoms with Crippen molar-refractivity contribution in [1.29, 1.82) is 0 Å². The molecule has 2 aromatic carbocycles. The molecule has 1 N–H and O–H groups in total. The predicted molar refractivity (Wildman–Crippen MR) is 114 cm³/mol. The molecule has 152 valence electrons. The van der Waals surface area contributed by atoms with Crippen molar-refractivity contribution in [2.45, 2.75) is 18.0 Å². The second kappa shape index (κ2) is 9.58. The van der Waals surface area contributed by atoms with Gasteiger partial charge in [0.05, 0.1) is 24.2 Å². The van der Waals surface area contributed by atoms with Crippen LogP contribution in [0.5, 0.6) is 0 Å². The highest BCUT2D eigenvalue weighted by Gasteiger charge is 2.27. The third-order valence-electron chi connectivity index (χ3n) is 4.08. The molecule has 0 saturated heterocycles. The van der Waals surface area contributed by atoms with E-state index >= 15 is 0 Å². The minimum absolute atomic E-state index is 0.0315. The number of nitrogens with one attached hydrogen (secondary N) is 1. The number of carbonyl (C=O) groups is 1. The van der Waals surface area contributed by atoms with Gasteiger partial charge in [0.1, 0.15) is 5.76 Å². The van der Waals surface area contributed by atoms with Gasteiger partial charge >= 0.3 is 0 Å². The van der Waals surface area contributed by atoms with Crippen LogP contribution in [0.2, 0.25) is 5.02 Å². The van der Waals surface area contributed by atoms with E-state index in [4.69, 9.17) is 16.0 Å². The Morgan fingerprint density at radius 2 is 1.76 bits per heavy atom. The number of nitrogens with zero attached hydrogens (tertiary/aromatic N) is 1. The summed E-state index contributed by atoms with van der Waals surface area (Å²) in [4.78, 5) is 12.5. The van der Waals surface area contributed by atoms with Crippen LogP contribution in [0.25, 0.3) is 0 Å². The molecule has 0 atom stereocenters. The number of furan rings is 1. The Labute approximate surface area is 182 Å². The number of hydrogen-bond donors (Lipinski definition) is 1. The molecule has 0 radical (unpaired) electrons. The van der Waals surface area contributed by atoms with Gasteiger partial charge in [-0.1, -0.05) is 39.7 Å². The topological polar surface area (TPSA) is 79.6 Å². The lowest BCUT2D eigenvalue weighted by atomic mass is 10.2. The van der Waals surface area contributed by atoms with Crippen molar-refractivity contribution in [3.63, 3.8) is 0 Å². The molecule has 0 saturated carbocycles. The molecule has 0 aliphatic rings. The minimum Gasteiger partial charge on any atom is -0.467 e. The predicted octanol–water partition coefficient (Wildman–Crippen LogP) is 4.20. The van der Waals surface area contributed by atoms with Crippen molar-refractivity contribution in [2.24, 2.45) is 0 Å². The van der Waals surface area contributed by atoms with Gasteiger partial charge in [0.25, 0.3) is 0 Å². The summed E-state index contributed by atoms with van der Waals surface area (Å²) in [6, 6.07) is 16.5. The van der Waals surface area contributed by atoms with Gasteiger partial charge in [-0.15, -0.1) is 0 Å². The van der Waals surface area contributed by atoms with Crippen molar-refractivity contribution in [3.8, 4) is 0 Å². The summed E-state index contributed by atoms with van der Waals surface area (Å²) < 4.78 is 33.4. The van der Waals surface area contributed by atoms with E-state index in [0.717, 1.165) is 8.78 Å². The summed E-state index contributed by atoms with van der Waals surface area (Å²) in [5.41, 5.74) is 0.717. The van der Waals surface area contributed by atoms with E-state index in [9.17, 15) is 13.2 Å². The van der Waals surface area contributed by atoms with Gasteiger partial charge in [0, 0.05) is 16.0 Å². The highest BCUT2D eigenvalue weighted by Crippen LogP contribution is 2.21. The van der Waals surface area contributed by atoms with Crippen LogP contribution in [0.1, 0.15) is 11.3 Å². The quantitative estimate of drug-likeness (QED) is 0.506. The lowest BCUT2D eigenvalue weighted by Gasteiger charge is -2.22. The number of halogens is 2. The van der Waals surface area contributed by atoms with Crippen LogP contribution in [0.15, 0.2) is 80.7 Å². The zero-order chi connectivity index (χ0) is 20.9. The SMILES string of the molecule is O=C(CN(Cc1ccc(Cl)cc1)S(=O)(=O)c1ccc(Br)cc1)NCc1ccco1. The average molecular weight is 498 g/mol. The van der Waals surface area contributed by atoms with Gasteiger partial charge in [-0.05, 0) is 54.1 Å². The van der Waals surface area contributed by atoms with Crippen LogP contribution in [-0.4, -0.2) is 25.2 Å². The number of benzene rings is 2. The van der Waals surface area contributed by atoms with E-state index in [1.807, 2.05) is 0 Å². The Bertz CT molecular complexity index is 1050. The van der Waals surface area contributed by atoms with E-state index in [1.54, 1.807) is 48.5 Å². The summed E-state index contributed by atoms with van der Waals surface area (Å²) in [5, 5.41) is 3.22. The zero-order valence-electron chi connectivity index (χ0n) is 15.2. The van der Waals surface area contributed by atoms with Crippen molar-refractivity contribution in [3.05, 3.63) is 87.7 Å². The fourth-order valence-corrected chi connectivity index (χ4v) is 4.36. The second-order valence-corrected chi connectivity index (χ2v) is 9.50. The van der Waals surface area contributed by atoms with Gasteiger partial charge in [-0.3, -0.25) is 4.79 Å². The fraction of sp³-hybridized carbons (Fsp3) is 0.150. The van der Waals surface area contributed by atoms with E-state index in [-0.39, 0.29) is 24.5 Å². The first kappa shape index (κ1) is 21.6. The third-order valence-corrected chi connectivity index (χ3v) is 6.67. The molecule has 0 spiro atoms. The molecule has 1 heterocycles. The van der Waals surface area contributed by atoms with Crippen molar-refractivity contribution >= 4 is 43.5 Å². The molecule has 3 aromatic rings. The molecule has 1 aromatic heterocycles. The van der Waals surface area contributed by atoms with E-state index < -0.39 is 15.9 Å². The summed E-state index contributed by atoms with van der Waals surface area (Å²) >= 11 is 9.21. The number of rotatable bonds is 8. The largest absolute Gasteiger partial charge is 0.467 e. The first-order valence-corrected chi connectivity index (χ1v) is 11.2. The Morgan fingerprint density at radius 3 is 2.38 bits per heavy atom. The normalized spacial score (nSPS) is 11.6. The number of sulfonamides is 1. The van der Waals surface area contributed by atoms with Crippen LogP contribution in [0.4, 0.5) is 0 Å². The smallest absolute Gasteiger partial charge is 0.243 e. The fourth-order valence-electron chi connectivity index (χ4n) is 2.59. The van der Waals surface area contributed by atoms with Crippen LogP contribution >= 0.6 is 27.5 Å². The maximum Gasteiger partial charge on any atom is 0.243 e. The first-order chi connectivity index (χ1) is 13.8. The maximum absolute atomic E-state index is 13.2. The zero-order valence-corrected chi connectivity index (χ0v) is 18.4. The second-order valence-electron chi connectivity index (χ2n) is 6.21. The molecule has 0 bridgehead atoms. The number of amides is 1. The lowest BCUT2D eigenvalue weighted by molar-refractivity contribution is -0.121. The van der Waals surface area contributed by atoms with Crippen LogP contribution in [0, 0.1) is 0 Å². The van der Waals surface area contributed by atoms with Crippen molar-refractivity contribution < 1.29 is 17.6 Å². The molecule has 0 aliphatic carbocycles. The first-order valence-electron chi connectivity index (χ1n) is 8.64. The Balaban J connectivity index is 1.81. The highest BCUT2D eigenvalue weighted by atomic mass is 79.9. The monoisotopic (exact) mass is 496 g/mol. The van der Waals surface area contributed by atoms with E-state index in [0.29, 0.717) is 16.3 Å². The van der Waals surface area contributed by atoms with Gasteiger partial charge < -0.3 is 9.73 Å². The number of hydrogen-bond acceptors (Lipinski definition) is 4. The van der Waals surface area contributed by atoms with Crippen LogP contribution in [-0.2, 0) is 27.9 Å². The highest BCUT2D eigenvalue weighted by molar-refractivity contribution is 9.10. The summed E-state index contributed by atoms with van der Waals surface area (Å²) in [6.45, 7) is -0.121. The van der Waals surface area contributed by atoms with Gasteiger partial charge in [-0.2, -0.15) is 4.31 Å². The Kier molecular flexibility index (Phi) is 7.13. The van der Waals surface area contributed by atoms with Crippen molar-refractivity contribution in [2.75, 3.05) is 6.54 Å². The van der Waals surface area contributed by atoms with E-state index in [2.05, 4.69) is 21.2 Å². The van der Waals surface area contributed by atoms with Crippen LogP contribution < -0.4 is 5.32 Å². The minimum atomic E-state index is -3.90. The van der Waals surface area contributed by atoms with E-state index in [1.165, 1.54) is 18.4 Å². The third kappa shape index (κ3) is 5.93. The lowest BCUT2D eigenvalue weighted by Crippen LogP contribution is -2.40. The molecule has 0 fully saturated rings. The average Bonchev–Trinajstić information content (AvgIpc) is 3.21. The van der Waals surface area contributed by atoms with Gasteiger partial charge in [-0.25, -0.2) is 8.42 Å². The summed E-state index contributed by atoms with van der Waals surface area (Å²) in [5.74, 6) is 0.148. The Hall–Kier alpha value is -2.13. The maximum atomic E-state index is 13.2. The molecular formula is C20H18BrClN2O4S. The summed E-state index contributed by atoms with van der Waals surface area (Å²) in [7, 11) is -3.90. The van der Waals surface area contributed by atoms with Crippen LogP contribution in [0.3, 0.4) is 0 Å². The Morgan fingerprint density at radius 1 is 1.07 bits per heavy atom. The van der Waals surface area contributed by atoms with Gasteiger partial charge in [0.2, 0.25) is 15.9 Å². The molecule has 1 amide bonds. The molecule has 0 aliphatic heterocycles. The molecule has 0 unspecified atom stereocenters. The summed E-state index contributed by atoms with van der Waals surface area (Å²) in [6.07, 6.45) is 1.51.